The van der Waals surface area contributed by atoms with Crippen molar-refractivity contribution < 1.29 is 22.7 Å². The topological polar surface area (TPSA) is 70.6 Å². The SMILES string of the molecule is COc1ccc(C(F)(F)F)cc1NC(=O)c1cc(N2CCN(C)CC2)ncn1. The number of piperazine rings is 1. The fourth-order valence-electron chi connectivity index (χ4n) is 2.85. The first-order valence-electron chi connectivity index (χ1n) is 8.60. The number of methoxy groups -OCH3 is 1. The number of carbonyl (C=O) groups is 1. The second-order valence-corrected chi connectivity index (χ2v) is 6.42. The van der Waals surface area contributed by atoms with Crippen molar-refractivity contribution in [2.75, 3.05) is 50.6 Å². The van der Waals surface area contributed by atoms with Gasteiger partial charge in [0.05, 0.1) is 18.4 Å². The lowest BCUT2D eigenvalue weighted by Gasteiger charge is -2.33. The fraction of sp³-hybridized carbons (Fsp3) is 0.389. The first kappa shape index (κ1) is 19.9. The maximum Gasteiger partial charge on any atom is 0.416 e. The molecule has 1 amide bonds. The molecular formula is C18H20F3N5O2. The van der Waals surface area contributed by atoms with Gasteiger partial charge < -0.3 is 19.9 Å². The fourth-order valence-corrected chi connectivity index (χ4v) is 2.85. The van der Waals surface area contributed by atoms with Crippen LogP contribution in [0.4, 0.5) is 24.7 Å². The lowest BCUT2D eigenvalue weighted by Crippen LogP contribution is -2.44. The third kappa shape index (κ3) is 4.50. The zero-order valence-corrected chi connectivity index (χ0v) is 15.5. The molecule has 0 bridgehead atoms. The number of rotatable bonds is 4. The number of nitrogens with zero attached hydrogens (tertiary/aromatic N) is 4. The van der Waals surface area contributed by atoms with Gasteiger partial charge in [0.25, 0.3) is 5.91 Å². The Labute approximate surface area is 160 Å². The molecule has 3 rings (SSSR count). The first-order chi connectivity index (χ1) is 13.3. The minimum atomic E-state index is -4.53. The number of alkyl halides is 3. The molecule has 10 heteroatoms. The zero-order valence-electron chi connectivity index (χ0n) is 15.5. The van der Waals surface area contributed by atoms with Gasteiger partial charge in [0.15, 0.2) is 0 Å². The molecule has 7 nitrogen and oxygen atoms in total. The number of benzene rings is 1. The standard InChI is InChI=1S/C18H20F3N5O2/c1-25-5-7-26(8-6-25)16-10-14(22-11-23-16)17(27)24-13-9-12(18(19,20)21)3-4-15(13)28-2/h3-4,9-11H,5-8H2,1-2H3,(H,24,27). The van der Waals surface area contributed by atoms with Gasteiger partial charge in [-0.2, -0.15) is 13.2 Å². The van der Waals surface area contributed by atoms with E-state index in [1.807, 2.05) is 11.9 Å². The molecule has 2 heterocycles. The number of hydrogen-bond donors (Lipinski definition) is 1. The van der Waals surface area contributed by atoms with Gasteiger partial charge in [0.1, 0.15) is 23.6 Å². The molecule has 1 aromatic heterocycles. The smallest absolute Gasteiger partial charge is 0.416 e. The molecule has 0 unspecified atom stereocenters. The van der Waals surface area contributed by atoms with E-state index in [1.54, 1.807) is 0 Å². The Bertz CT molecular complexity index is 851. The molecule has 1 aliphatic rings. The highest BCUT2D eigenvalue weighted by Gasteiger charge is 2.31. The molecule has 0 radical (unpaired) electrons. The summed E-state index contributed by atoms with van der Waals surface area (Å²) in [6.45, 7) is 3.26. The molecule has 28 heavy (non-hydrogen) atoms. The summed E-state index contributed by atoms with van der Waals surface area (Å²) >= 11 is 0. The third-order valence-corrected chi connectivity index (χ3v) is 4.49. The number of likely N-dealkylation sites (N-methyl/N-ethyl adjacent to an activating group) is 1. The third-order valence-electron chi connectivity index (χ3n) is 4.49. The summed E-state index contributed by atoms with van der Waals surface area (Å²) in [6, 6.07) is 4.42. The molecule has 2 aromatic rings. The first-order valence-corrected chi connectivity index (χ1v) is 8.60. The van der Waals surface area contributed by atoms with Crippen LogP contribution in [-0.4, -0.2) is 61.1 Å². The number of carbonyl (C=O) groups excluding carboxylic acids is 1. The van der Waals surface area contributed by atoms with Crippen molar-refractivity contribution in [2.24, 2.45) is 0 Å². The molecule has 1 fully saturated rings. The molecule has 1 saturated heterocycles. The summed E-state index contributed by atoms with van der Waals surface area (Å²) in [5.74, 6) is 0.0781. The van der Waals surface area contributed by atoms with Crippen molar-refractivity contribution in [3.63, 3.8) is 0 Å². The summed E-state index contributed by atoms with van der Waals surface area (Å²) in [5.41, 5.74) is -0.908. The van der Waals surface area contributed by atoms with E-state index >= 15 is 0 Å². The van der Waals surface area contributed by atoms with Crippen LogP contribution >= 0.6 is 0 Å². The Balaban J connectivity index is 1.81. The molecule has 150 valence electrons. The maximum absolute atomic E-state index is 13.0. The number of amides is 1. The van der Waals surface area contributed by atoms with Crippen molar-refractivity contribution in [3.05, 3.63) is 41.9 Å². The second-order valence-electron chi connectivity index (χ2n) is 6.42. The van der Waals surface area contributed by atoms with Gasteiger partial charge in [-0.05, 0) is 25.2 Å². The van der Waals surface area contributed by atoms with E-state index in [0.29, 0.717) is 5.82 Å². The van der Waals surface area contributed by atoms with E-state index in [0.717, 1.165) is 44.4 Å². The molecule has 1 N–H and O–H groups in total. The van der Waals surface area contributed by atoms with Crippen molar-refractivity contribution in [1.82, 2.24) is 14.9 Å². The summed E-state index contributed by atoms with van der Waals surface area (Å²) in [5, 5.41) is 2.45. The Hall–Kier alpha value is -2.88. The Morgan fingerprint density at radius 1 is 1.14 bits per heavy atom. The Morgan fingerprint density at radius 3 is 2.50 bits per heavy atom. The number of nitrogens with one attached hydrogen (secondary N) is 1. The predicted molar refractivity (Wildman–Crippen MR) is 97.7 cm³/mol. The Kier molecular flexibility index (Phi) is 5.68. The average Bonchev–Trinajstić information content (AvgIpc) is 2.68. The van der Waals surface area contributed by atoms with Gasteiger partial charge in [-0.15, -0.1) is 0 Å². The van der Waals surface area contributed by atoms with E-state index in [1.165, 1.54) is 19.5 Å². The molecule has 0 atom stereocenters. The summed E-state index contributed by atoms with van der Waals surface area (Å²) in [4.78, 5) is 24.9. The van der Waals surface area contributed by atoms with Crippen LogP contribution < -0.4 is 15.0 Å². The maximum atomic E-state index is 13.0. The second kappa shape index (κ2) is 8.01. The minimum absolute atomic E-state index is 0.0587. The summed E-state index contributed by atoms with van der Waals surface area (Å²) in [6.07, 6.45) is -3.26. The predicted octanol–water partition coefficient (Wildman–Crippen LogP) is 2.51. The highest BCUT2D eigenvalue weighted by molar-refractivity contribution is 6.04. The monoisotopic (exact) mass is 395 g/mol. The number of aromatic nitrogens is 2. The quantitative estimate of drug-likeness (QED) is 0.858. The van der Waals surface area contributed by atoms with E-state index < -0.39 is 17.6 Å². The van der Waals surface area contributed by atoms with Crippen molar-refractivity contribution in [1.29, 1.82) is 0 Å². The highest BCUT2D eigenvalue weighted by Crippen LogP contribution is 2.35. The zero-order chi connectivity index (χ0) is 20.3. The van der Waals surface area contributed by atoms with Crippen LogP contribution in [0.2, 0.25) is 0 Å². The van der Waals surface area contributed by atoms with Crippen LogP contribution in [0.25, 0.3) is 0 Å². The lowest BCUT2D eigenvalue weighted by molar-refractivity contribution is -0.137. The highest BCUT2D eigenvalue weighted by atomic mass is 19.4. The number of hydrogen-bond acceptors (Lipinski definition) is 6. The van der Waals surface area contributed by atoms with Gasteiger partial charge in [-0.3, -0.25) is 4.79 Å². The normalized spacial score (nSPS) is 15.4. The van der Waals surface area contributed by atoms with Crippen LogP contribution in [0.5, 0.6) is 5.75 Å². The van der Waals surface area contributed by atoms with Crippen LogP contribution in [0.3, 0.4) is 0 Å². The summed E-state index contributed by atoms with van der Waals surface area (Å²) < 4.78 is 44.0. The van der Waals surface area contributed by atoms with Crippen LogP contribution in [0, 0.1) is 0 Å². The van der Waals surface area contributed by atoms with Crippen molar-refractivity contribution in [3.8, 4) is 5.75 Å². The largest absolute Gasteiger partial charge is 0.495 e. The number of ether oxygens (including phenoxy) is 1. The molecule has 0 saturated carbocycles. The average molecular weight is 395 g/mol. The lowest BCUT2D eigenvalue weighted by atomic mass is 10.1. The van der Waals surface area contributed by atoms with Crippen molar-refractivity contribution in [2.45, 2.75) is 6.18 Å². The van der Waals surface area contributed by atoms with Gasteiger partial charge in [-0.25, -0.2) is 9.97 Å². The van der Waals surface area contributed by atoms with Gasteiger partial charge in [-0.1, -0.05) is 0 Å². The molecule has 0 aliphatic carbocycles. The van der Waals surface area contributed by atoms with Gasteiger partial charge in [0, 0.05) is 32.2 Å². The molecule has 1 aromatic carbocycles. The van der Waals surface area contributed by atoms with Gasteiger partial charge in [0.2, 0.25) is 0 Å². The van der Waals surface area contributed by atoms with Crippen LogP contribution in [0.1, 0.15) is 16.1 Å². The number of halogens is 3. The van der Waals surface area contributed by atoms with Crippen LogP contribution in [0.15, 0.2) is 30.6 Å². The van der Waals surface area contributed by atoms with E-state index in [4.69, 9.17) is 4.74 Å². The summed E-state index contributed by atoms with van der Waals surface area (Å²) in [7, 11) is 3.34. The van der Waals surface area contributed by atoms with Gasteiger partial charge >= 0.3 is 6.18 Å². The molecular weight excluding hydrogens is 375 g/mol. The molecule has 0 spiro atoms. The van der Waals surface area contributed by atoms with Crippen LogP contribution in [-0.2, 0) is 6.18 Å². The van der Waals surface area contributed by atoms with E-state index in [9.17, 15) is 18.0 Å². The van der Waals surface area contributed by atoms with E-state index in [2.05, 4.69) is 20.2 Å². The minimum Gasteiger partial charge on any atom is -0.495 e. The van der Waals surface area contributed by atoms with Crippen molar-refractivity contribution >= 4 is 17.4 Å². The van der Waals surface area contributed by atoms with E-state index in [-0.39, 0.29) is 17.1 Å². The Morgan fingerprint density at radius 2 is 1.86 bits per heavy atom. The molecule has 1 aliphatic heterocycles. The number of anilines is 2.